The second-order valence-corrected chi connectivity index (χ2v) is 10.7. The Morgan fingerprint density at radius 1 is 1.19 bits per heavy atom. The summed E-state index contributed by atoms with van der Waals surface area (Å²) in [6.07, 6.45) is 7.61. The van der Waals surface area contributed by atoms with Gasteiger partial charge in [0.2, 0.25) is 0 Å². The molecule has 1 saturated heterocycles. The Hall–Kier alpha value is -1.53. The standard InChI is InChI=1S/C20H28ClF2N5O2S2/c21-15-11-18(32(29,30)28-20-27-13-19(23)31-20)16(22)12-17(15)26-9-2-1-7-24-8-3-5-14-6-4-10-25-14/h11-14,24-26H,1-10H2,(H,27,28)/t14-/m1/s1. The van der Waals surface area contributed by atoms with E-state index in [0.717, 1.165) is 57.2 Å². The minimum absolute atomic E-state index is 0.0794. The lowest BCUT2D eigenvalue weighted by Crippen LogP contribution is -2.24. The van der Waals surface area contributed by atoms with E-state index in [-0.39, 0.29) is 10.2 Å². The van der Waals surface area contributed by atoms with Gasteiger partial charge in [-0.25, -0.2) is 17.8 Å². The van der Waals surface area contributed by atoms with Crippen molar-refractivity contribution in [3.63, 3.8) is 0 Å². The number of hydrogen-bond donors (Lipinski definition) is 4. The van der Waals surface area contributed by atoms with Crippen molar-refractivity contribution >= 4 is 43.8 Å². The molecule has 0 radical (unpaired) electrons. The Kier molecular flexibility index (Phi) is 9.47. The molecule has 3 rings (SSSR count). The summed E-state index contributed by atoms with van der Waals surface area (Å²) in [6, 6.07) is 2.76. The third-order valence-electron chi connectivity index (χ3n) is 5.17. The van der Waals surface area contributed by atoms with Crippen LogP contribution in [0.2, 0.25) is 5.02 Å². The number of anilines is 2. The summed E-state index contributed by atoms with van der Waals surface area (Å²) in [6.45, 7) is 3.63. The lowest BCUT2D eigenvalue weighted by molar-refractivity contribution is 0.512. The number of nitrogens with one attached hydrogen (secondary N) is 4. The SMILES string of the molecule is O=S(=O)(Nc1ncc(F)s1)c1cc(Cl)c(NCCCCNCCC[C@@H]2CCCN2)cc1F. The van der Waals surface area contributed by atoms with Crippen LogP contribution >= 0.6 is 22.9 Å². The number of halogens is 3. The summed E-state index contributed by atoms with van der Waals surface area (Å²) in [5.41, 5.74) is 0.320. The monoisotopic (exact) mass is 507 g/mol. The molecule has 0 aliphatic carbocycles. The molecule has 1 fully saturated rings. The van der Waals surface area contributed by atoms with Gasteiger partial charge >= 0.3 is 0 Å². The highest BCUT2D eigenvalue weighted by Crippen LogP contribution is 2.30. The number of nitrogens with zero attached hydrogens (tertiary/aromatic N) is 1. The summed E-state index contributed by atoms with van der Waals surface area (Å²) in [4.78, 5) is 2.95. The van der Waals surface area contributed by atoms with E-state index in [2.05, 4.69) is 20.9 Å². The second-order valence-electron chi connectivity index (χ2n) is 7.66. The van der Waals surface area contributed by atoms with Gasteiger partial charge < -0.3 is 16.0 Å². The van der Waals surface area contributed by atoms with Crippen molar-refractivity contribution < 1.29 is 17.2 Å². The van der Waals surface area contributed by atoms with Crippen LogP contribution in [0.15, 0.2) is 23.2 Å². The minimum atomic E-state index is -4.28. The highest BCUT2D eigenvalue weighted by atomic mass is 35.5. The number of rotatable bonds is 13. The zero-order valence-electron chi connectivity index (χ0n) is 17.6. The molecular weight excluding hydrogens is 480 g/mol. The average molecular weight is 508 g/mol. The highest BCUT2D eigenvalue weighted by Gasteiger charge is 2.23. The molecule has 32 heavy (non-hydrogen) atoms. The smallest absolute Gasteiger partial charge is 0.266 e. The van der Waals surface area contributed by atoms with Crippen LogP contribution < -0.4 is 20.7 Å². The Morgan fingerprint density at radius 2 is 1.97 bits per heavy atom. The molecule has 7 nitrogen and oxygen atoms in total. The van der Waals surface area contributed by atoms with E-state index in [1.54, 1.807) is 0 Å². The number of thiazole rings is 1. The van der Waals surface area contributed by atoms with E-state index < -0.39 is 25.9 Å². The van der Waals surface area contributed by atoms with Gasteiger partial charge in [0.25, 0.3) is 10.0 Å². The fourth-order valence-electron chi connectivity index (χ4n) is 3.54. The molecule has 0 spiro atoms. The Morgan fingerprint density at radius 3 is 2.69 bits per heavy atom. The van der Waals surface area contributed by atoms with E-state index in [1.165, 1.54) is 19.3 Å². The number of unbranched alkanes of at least 4 members (excludes halogenated alkanes) is 1. The Labute approximate surface area is 196 Å². The van der Waals surface area contributed by atoms with E-state index >= 15 is 0 Å². The van der Waals surface area contributed by atoms with E-state index in [1.807, 2.05) is 4.72 Å². The molecule has 12 heteroatoms. The molecule has 1 atom stereocenters. The van der Waals surface area contributed by atoms with Gasteiger partial charge in [0.15, 0.2) is 10.3 Å². The normalized spacial score (nSPS) is 16.4. The Bertz CT molecular complexity index is 984. The first kappa shape index (κ1) is 25.1. The maximum absolute atomic E-state index is 14.5. The first-order chi connectivity index (χ1) is 15.3. The zero-order valence-corrected chi connectivity index (χ0v) is 20.0. The van der Waals surface area contributed by atoms with Crippen molar-refractivity contribution in [2.75, 3.05) is 36.2 Å². The van der Waals surface area contributed by atoms with Crippen molar-refractivity contribution in [2.24, 2.45) is 0 Å². The van der Waals surface area contributed by atoms with Crippen LogP contribution in [0.5, 0.6) is 0 Å². The van der Waals surface area contributed by atoms with Crippen molar-refractivity contribution in [1.29, 1.82) is 0 Å². The molecule has 178 valence electrons. The third-order valence-corrected chi connectivity index (χ3v) is 7.67. The second kappa shape index (κ2) is 12.1. The highest BCUT2D eigenvalue weighted by molar-refractivity contribution is 7.93. The van der Waals surface area contributed by atoms with Crippen LogP contribution in [0.25, 0.3) is 0 Å². The molecule has 0 bridgehead atoms. The predicted molar refractivity (Wildman–Crippen MR) is 125 cm³/mol. The van der Waals surface area contributed by atoms with E-state index in [0.29, 0.717) is 29.6 Å². The number of hydrogen-bond acceptors (Lipinski definition) is 7. The fraction of sp³-hybridized carbons (Fsp3) is 0.550. The van der Waals surface area contributed by atoms with E-state index in [4.69, 9.17) is 11.6 Å². The number of sulfonamides is 1. The van der Waals surface area contributed by atoms with Crippen LogP contribution in [0, 0.1) is 10.9 Å². The third kappa shape index (κ3) is 7.51. The van der Waals surface area contributed by atoms with Gasteiger partial charge in [-0.1, -0.05) is 22.9 Å². The summed E-state index contributed by atoms with van der Waals surface area (Å²) >= 11 is 6.66. The largest absolute Gasteiger partial charge is 0.384 e. The zero-order chi connectivity index (χ0) is 23.0. The summed E-state index contributed by atoms with van der Waals surface area (Å²) < 4.78 is 54.3. The summed E-state index contributed by atoms with van der Waals surface area (Å²) in [7, 11) is -4.28. The van der Waals surface area contributed by atoms with Gasteiger partial charge in [-0.3, -0.25) is 4.72 Å². The molecule has 0 amide bonds. The lowest BCUT2D eigenvalue weighted by atomic mass is 10.1. The van der Waals surface area contributed by atoms with Crippen LogP contribution in [0.3, 0.4) is 0 Å². The summed E-state index contributed by atoms with van der Waals surface area (Å²) in [5.74, 6) is -0.958. The van der Waals surface area contributed by atoms with Crippen molar-refractivity contribution in [3.05, 3.63) is 34.3 Å². The molecule has 2 heterocycles. The lowest BCUT2D eigenvalue weighted by Gasteiger charge is -2.12. The predicted octanol–water partition coefficient (Wildman–Crippen LogP) is 4.19. The van der Waals surface area contributed by atoms with Gasteiger partial charge in [-0.15, -0.1) is 0 Å². The maximum atomic E-state index is 14.5. The van der Waals surface area contributed by atoms with Crippen LogP contribution in [-0.4, -0.2) is 45.6 Å². The molecular formula is C20H28ClF2N5O2S2. The van der Waals surface area contributed by atoms with Gasteiger partial charge in [-0.05, 0) is 70.3 Å². The van der Waals surface area contributed by atoms with Gasteiger partial charge in [-0.2, -0.15) is 4.39 Å². The van der Waals surface area contributed by atoms with Gasteiger partial charge in [0.1, 0.15) is 10.7 Å². The summed E-state index contributed by atoms with van der Waals surface area (Å²) in [5, 5.41) is 9.20. The average Bonchev–Trinajstić information content (AvgIpc) is 3.40. The van der Waals surface area contributed by atoms with Crippen LogP contribution in [0.4, 0.5) is 19.6 Å². The molecule has 1 aliphatic rings. The van der Waals surface area contributed by atoms with Gasteiger partial charge in [0.05, 0.1) is 16.9 Å². The molecule has 1 aromatic heterocycles. The van der Waals surface area contributed by atoms with E-state index in [9.17, 15) is 17.2 Å². The molecule has 1 aromatic carbocycles. The molecule has 0 saturated carbocycles. The fourth-order valence-corrected chi connectivity index (χ4v) is 5.71. The molecule has 2 aromatic rings. The first-order valence-corrected chi connectivity index (χ1v) is 13.3. The molecule has 4 N–H and O–H groups in total. The maximum Gasteiger partial charge on any atom is 0.266 e. The minimum Gasteiger partial charge on any atom is -0.384 e. The Balaban J connectivity index is 1.39. The molecule has 1 aliphatic heterocycles. The van der Waals surface area contributed by atoms with Crippen molar-refractivity contribution in [3.8, 4) is 0 Å². The quantitative estimate of drug-likeness (QED) is 0.304. The van der Waals surface area contributed by atoms with Gasteiger partial charge in [0, 0.05) is 12.6 Å². The van der Waals surface area contributed by atoms with Crippen molar-refractivity contribution in [2.45, 2.75) is 49.5 Å². The number of aromatic nitrogens is 1. The molecule has 0 unspecified atom stereocenters. The topological polar surface area (TPSA) is 95.2 Å². The van der Waals surface area contributed by atoms with Crippen LogP contribution in [-0.2, 0) is 10.0 Å². The van der Waals surface area contributed by atoms with Crippen LogP contribution in [0.1, 0.15) is 38.5 Å². The first-order valence-electron chi connectivity index (χ1n) is 10.7. The van der Waals surface area contributed by atoms with Crippen molar-refractivity contribution in [1.82, 2.24) is 15.6 Å². The number of benzene rings is 1.